The van der Waals surface area contributed by atoms with Gasteiger partial charge in [0, 0.05) is 5.39 Å². The molecule has 1 aromatic heterocycles. The van der Waals surface area contributed by atoms with Gasteiger partial charge in [-0.1, -0.05) is 11.2 Å². The summed E-state index contributed by atoms with van der Waals surface area (Å²) in [6, 6.07) is 3.80. The number of rotatable bonds is 0. The van der Waals surface area contributed by atoms with E-state index in [1.165, 1.54) is 18.3 Å². The molecule has 0 saturated heterocycles. The van der Waals surface area contributed by atoms with Crippen molar-refractivity contribution in [2.45, 2.75) is 6.18 Å². The third-order valence-corrected chi connectivity index (χ3v) is 1.69. The van der Waals surface area contributed by atoms with Crippen LogP contribution in [0.15, 0.2) is 28.9 Å². The maximum Gasteiger partial charge on any atom is 0.420 e. The van der Waals surface area contributed by atoms with Crippen molar-refractivity contribution < 1.29 is 17.7 Å². The second-order valence-corrected chi connectivity index (χ2v) is 2.55. The highest BCUT2D eigenvalue weighted by molar-refractivity contribution is 5.79. The molecule has 0 fully saturated rings. The van der Waals surface area contributed by atoms with E-state index in [9.17, 15) is 13.2 Å². The molecule has 0 radical (unpaired) electrons. The van der Waals surface area contributed by atoms with Crippen LogP contribution in [-0.4, -0.2) is 5.16 Å². The Bertz CT molecular complexity index is 432. The van der Waals surface area contributed by atoms with Crippen LogP contribution in [0.2, 0.25) is 0 Å². The SMILES string of the molecule is FC(F)(F)c1cccc2cnoc12. The number of benzene rings is 1. The van der Waals surface area contributed by atoms with Crippen LogP contribution in [0.3, 0.4) is 0 Å². The van der Waals surface area contributed by atoms with Crippen LogP contribution >= 0.6 is 0 Å². The minimum atomic E-state index is -4.39. The Kier molecular flexibility index (Phi) is 1.55. The van der Waals surface area contributed by atoms with Crippen LogP contribution < -0.4 is 0 Å². The van der Waals surface area contributed by atoms with E-state index in [-0.39, 0.29) is 5.58 Å². The van der Waals surface area contributed by atoms with Gasteiger partial charge >= 0.3 is 6.18 Å². The van der Waals surface area contributed by atoms with Gasteiger partial charge in [-0.3, -0.25) is 0 Å². The van der Waals surface area contributed by atoms with Crippen molar-refractivity contribution in [3.8, 4) is 0 Å². The van der Waals surface area contributed by atoms with E-state index in [1.54, 1.807) is 0 Å². The van der Waals surface area contributed by atoms with Crippen LogP contribution in [0, 0.1) is 0 Å². The summed E-state index contributed by atoms with van der Waals surface area (Å²) >= 11 is 0. The molecule has 0 saturated carbocycles. The molecule has 13 heavy (non-hydrogen) atoms. The zero-order chi connectivity index (χ0) is 9.47. The summed E-state index contributed by atoms with van der Waals surface area (Å²) in [6.07, 6.45) is -3.14. The fraction of sp³-hybridized carbons (Fsp3) is 0.125. The van der Waals surface area contributed by atoms with E-state index in [2.05, 4.69) is 9.68 Å². The summed E-state index contributed by atoms with van der Waals surface area (Å²) < 4.78 is 41.4. The minimum Gasteiger partial charge on any atom is -0.356 e. The zero-order valence-electron chi connectivity index (χ0n) is 6.30. The molecular formula is C8H4F3NO. The molecule has 2 rings (SSSR count). The summed E-state index contributed by atoms with van der Waals surface area (Å²) in [5.41, 5.74) is -1.00. The molecule has 0 atom stereocenters. The molecule has 0 bridgehead atoms. The smallest absolute Gasteiger partial charge is 0.356 e. The summed E-state index contributed by atoms with van der Waals surface area (Å²) in [6.45, 7) is 0. The Morgan fingerprint density at radius 2 is 2.00 bits per heavy atom. The average Bonchev–Trinajstić information content (AvgIpc) is 2.48. The molecule has 0 unspecified atom stereocenters. The molecule has 1 heterocycles. The average molecular weight is 187 g/mol. The zero-order valence-corrected chi connectivity index (χ0v) is 6.30. The summed E-state index contributed by atoms with van der Waals surface area (Å²) in [5.74, 6) is 0. The van der Waals surface area contributed by atoms with Crippen LogP contribution in [0.5, 0.6) is 0 Å². The van der Waals surface area contributed by atoms with Crippen molar-refractivity contribution >= 4 is 11.0 Å². The van der Waals surface area contributed by atoms with Gasteiger partial charge in [0.15, 0.2) is 5.58 Å². The lowest BCUT2D eigenvalue weighted by atomic mass is 10.1. The van der Waals surface area contributed by atoms with Gasteiger partial charge in [0.1, 0.15) is 5.56 Å². The van der Waals surface area contributed by atoms with Crippen LogP contribution in [0.4, 0.5) is 13.2 Å². The molecule has 0 aliphatic rings. The molecule has 0 aliphatic carbocycles. The number of hydrogen-bond donors (Lipinski definition) is 0. The predicted molar refractivity (Wildman–Crippen MR) is 39.0 cm³/mol. The summed E-state index contributed by atoms with van der Waals surface area (Å²) in [5, 5.41) is 3.66. The maximum atomic E-state index is 12.3. The van der Waals surface area contributed by atoms with Crippen LogP contribution in [0.25, 0.3) is 11.0 Å². The first kappa shape index (κ1) is 8.10. The largest absolute Gasteiger partial charge is 0.420 e. The highest BCUT2D eigenvalue weighted by atomic mass is 19.4. The Morgan fingerprint density at radius 3 is 2.69 bits per heavy atom. The fourth-order valence-corrected chi connectivity index (χ4v) is 1.12. The number of aromatic nitrogens is 1. The van der Waals surface area contributed by atoms with Crippen molar-refractivity contribution in [3.05, 3.63) is 30.0 Å². The van der Waals surface area contributed by atoms with Gasteiger partial charge in [0.05, 0.1) is 6.20 Å². The monoisotopic (exact) mass is 187 g/mol. The van der Waals surface area contributed by atoms with Crippen molar-refractivity contribution in [1.82, 2.24) is 5.16 Å². The number of fused-ring (bicyclic) bond motifs is 1. The van der Waals surface area contributed by atoms with E-state index < -0.39 is 11.7 Å². The summed E-state index contributed by atoms with van der Waals surface area (Å²) in [7, 11) is 0. The van der Waals surface area contributed by atoms with E-state index in [4.69, 9.17) is 0 Å². The lowest BCUT2D eigenvalue weighted by Gasteiger charge is -2.04. The number of para-hydroxylation sites is 1. The Labute approximate surface area is 70.9 Å². The van der Waals surface area contributed by atoms with Gasteiger partial charge in [0.25, 0.3) is 0 Å². The first-order valence-electron chi connectivity index (χ1n) is 3.49. The van der Waals surface area contributed by atoms with E-state index >= 15 is 0 Å². The van der Waals surface area contributed by atoms with Gasteiger partial charge in [-0.05, 0) is 12.1 Å². The Hall–Kier alpha value is -1.52. The number of nitrogens with zero attached hydrogens (tertiary/aromatic N) is 1. The molecule has 2 nitrogen and oxygen atoms in total. The lowest BCUT2D eigenvalue weighted by Crippen LogP contribution is -2.04. The topological polar surface area (TPSA) is 26.0 Å². The lowest BCUT2D eigenvalue weighted by molar-refractivity contribution is -0.136. The second kappa shape index (κ2) is 2.48. The second-order valence-electron chi connectivity index (χ2n) is 2.55. The fourth-order valence-electron chi connectivity index (χ4n) is 1.12. The first-order chi connectivity index (χ1) is 6.09. The number of halogens is 3. The molecule has 0 amide bonds. The molecule has 0 spiro atoms. The van der Waals surface area contributed by atoms with Gasteiger partial charge in [-0.15, -0.1) is 0 Å². The molecule has 0 N–H and O–H groups in total. The first-order valence-corrected chi connectivity index (χ1v) is 3.49. The molecular weight excluding hydrogens is 183 g/mol. The minimum absolute atomic E-state index is 0.213. The van der Waals surface area contributed by atoms with Crippen molar-refractivity contribution in [1.29, 1.82) is 0 Å². The standard InChI is InChI=1S/C8H4F3NO/c9-8(10,11)6-3-1-2-5-4-12-13-7(5)6/h1-4H. The van der Waals surface area contributed by atoms with Crippen LogP contribution in [-0.2, 0) is 6.18 Å². The highest BCUT2D eigenvalue weighted by Crippen LogP contribution is 2.34. The normalized spacial score (nSPS) is 12.2. The number of hydrogen-bond acceptors (Lipinski definition) is 2. The van der Waals surface area contributed by atoms with Crippen molar-refractivity contribution in [2.24, 2.45) is 0 Å². The molecule has 5 heteroatoms. The molecule has 1 aromatic carbocycles. The maximum absolute atomic E-state index is 12.3. The quantitative estimate of drug-likeness (QED) is 0.633. The van der Waals surface area contributed by atoms with Crippen molar-refractivity contribution in [3.63, 3.8) is 0 Å². The summed E-state index contributed by atoms with van der Waals surface area (Å²) in [4.78, 5) is 0. The number of alkyl halides is 3. The van der Waals surface area contributed by atoms with Gasteiger partial charge in [0.2, 0.25) is 0 Å². The van der Waals surface area contributed by atoms with Gasteiger partial charge < -0.3 is 4.52 Å². The highest BCUT2D eigenvalue weighted by Gasteiger charge is 2.34. The molecule has 68 valence electrons. The van der Waals surface area contributed by atoms with Crippen molar-refractivity contribution in [2.75, 3.05) is 0 Å². The third kappa shape index (κ3) is 1.26. The van der Waals surface area contributed by atoms with E-state index in [0.717, 1.165) is 6.07 Å². The molecule has 0 aliphatic heterocycles. The predicted octanol–water partition coefficient (Wildman–Crippen LogP) is 2.85. The van der Waals surface area contributed by atoms with Gasteiger partial charge in [-0.2, -0.15) is 13.2 Å². The van der Waals surface area contributed by atoms with Gasteiger partial charge in [-0.25, -0.2) is 0 Å². The van der Waals surface area contributed by atoms with E-state index in [1.807, 2.05) is 0 Å². The van der Waals surface area contributed by atoms with E-state index in [0.29, 0.717) is 5.39 Å². The Morgan fingerprint density at radius 1 is 1.23 bits per heavy atom. The Balaban J connectivity index is 2.75. The van der Waals surface area contributed by atoms with Crippen LogP contribution in [0.1, 0.15) is 5.56 Å². The molecule has 2 aromatic rings. The third-order valence-electron chi connectivity index (χ3n) is 1.69.